The van der Waals surface area contributed by atoms with Crippen molar-refractivity contribution < 1.29 is 14.4 Å². The summed E-state index contributed by atoms with van der Waals surface area (Å²) in [4.78, 5) is 11.0. The summed E-state index contributed by atoms with van der Waals surface area (Å²) in [6, 6.07) is 0. The smallest absolute Gasteiger partial charge is 0.343 e. The number of aromatic nitrogens is 1. The maximum atomic E-state index is 11.0. The summed E-state index contributed by atoms with van der Waals surface area (Å²) in [5, 5.41) is 12.8. The number of nitrogen functional groups attached to an aromatic ring is 1. The van der Waals surface area contributed by atoms with Crippen molar-refractivity contribution in [1.82, 2.24) is 5.16 Å². The summed E-state index contributed by atoms with van der Waals surface area (Å²) < 4.78 is 4.76. The standard InChI is InChI=1S/C10H14N2O3/c11-9-7(10(13)14)8(12-15-9)6-4-2-1-3-5-6/h6H,1-5,11H2,(H,13,14). The number of anilines is 1. The molecule has 3 N–H and O–H groups in total. The molecule has 5 heteroatoms. The molecule has 1 heterocycles. The van der Waals surface area contributed by atoms with Crippen LogP contribution in [0.1, 0.15) is 54.1 Å². The van der Waals surface area contributed by atoms with Crippen molar-refractivity contribution in [2.45, 2.75) is 38.0 Å². The molecule has 1 aliphatic rings. The number of carboxylic acids is 1. The molecule has 0 bridgehead atoms. The van der Waals surface area contributed by atoms with Crippen LogP contribution >= 0.6 is 0 Å². The minimum absolute atomic E-state index is 0.0573. The van der Waals surface area contributed by atoms with E-state index in [1.54, 1.807) is 0 Å². The van der Waals surface area contributed by atoms with Crippen LogP contribution in [-0.4, -0.2) is 16.2 Å². The number of hydrogen-bond acceptors (Lipinski definition) is 4. The number of rotatable bonds is 2. The molecule has 2 rings (SSSR count). The first kappa shape index (κ1) is 10.0. The molecular weight excluding hydrogens is 196 g/mol. The van der Waals surface area contributed by atoms with E-state index >= 15 is 0 Å². The first-order chi connectivity index (χ1) is 7.20. The molecule has 1 aromatic rings. The van der Waals surface area contributed by atoms with Crippen molar-refractivity contribution in [3.05, 3.63) is 11.3 Å². The molecule has 1 aromatic heterocycles. The largest absolute Gasteiger partial charge is 0.477 e. The van der Waals surface area contributed by atoms with Crippen molar-refractivity contribution in [3.63, 3.8) is 0 Å². The van der Waals surface area contributed by atoms with Crippen molar-refractivity contribution in [2.24, 2.45) is 0 Å². The van der Waals surface area contributed by atoms with Crippen LogP contribution in [-0.2, 0) is 0 Å². The summed E-state index contributed by atoms with van der Waals surface area (Å²) in [7, 11) is 0. The molecule has 0 aliphatic heterocycles. The van der Waals surface area contributed by atoms with E-state index in [0.29, 0.717) is 5.69 Å². The number of nitrogens with two attached hydrogens (primary N) is 1. The fourth-order valence-corrected chi connectivity index (χ4v) is 2.19. The minimum Gasteiger partial charge on any atom is -0.477 e. The Kier molecular flexibility index (Phi) is 2.62. The molecular formula is C10H14N2O3. The summed E-state index contributed by atoms with van der Waals surface area (Å²) in [5.41, 5.74) is 6.02. The van der Waals surface area contributed by atoms with Crippen LogP contribution in [0.3, 0.4) is 0 Å². The van der Waals surface area contributed by atoms with Gasteiger partial charge in [0.15, 0.2) is 0 Å². The average Bonchev–Trinajstić information content (AvgIpc) is 2.61. The third kappa shape index (κ3) is 1.82. The molecule has 0 atom stereocenters. The average molecular weight is 210 g/mol. The molecule has 0 saturated heterocycles. The van der Waals surface area contributed by atoms with Crippen molar-refractivity contribution >= 4 is 11.9 Å². The van der Waals surface area contributed by atoms with Crippen LogP contribution in [0.4, 0.5) is 5.88 Å². The molecule has 0 amide bonds. The number of hydrogen-bond donors (Lipinski definition) is 2. The van der Waals surface area contributed by atoms with Gasteiger partial charge in [-0.3, -0.25) is 0 Å². The monoisotopic (exact) mass is 210 g/mol. The predicted molar refractivity (Wildman–Crippen MR) is 53.7 cm³/mol. The van der Waals surface area contributed by atoms with E-state index in [-0.39, 0.29) is 17.4 Å². The SMILES string of the molecule is Nc1onc(C2CCCCC2)c1C(=O)O. The normalized spacial score (nSPS) is 17.9. The van der Waals surface area contributed by atoms with Gasteiger partial charge in [0.2, 0.25) is 5.88 Å². The van der Waals surface area contributed by atoms with Crippen molar-refractivity contribution in [3.8, 4) is 0 Å². The van der Waals surface area contributed by atoms with Crippen LogP contribution in [0.5, 0.6) is 0 Å². The fraction of sp³-hybridized carbons (Fsp3) is 0.600. The Morgan fingerprint density at radius 1 is 1.40 bits per heavy atom. The van der Waals surface area contributed by atoms with E-state index in [0.717, 1.165) is 25.7 Å². The highest BCUT2D eigenvalue weighted by Crippen LogP contribution is 2.35. The van der Waals surface area contributed by atoms with Gasteiger partial charge in [0.05, 0.1) is 0 Å². The highest BCUT2D eigenvalue weighted by Gasteiger charge is 2.27. The third-order valence-corrected chi connectivity index (χ3v) is 2.95. The predicted octanol–water partition coefficient (Wildman–Crippen LogP) is 2.00. The Balaban J connectivity index is 2.30. The van der Waals surface area contributed by atoms with Crippen molar-refractivity contribution in [1.29, 1.82) is 0 Å². The van der Waals surface area contributed by atoms with Gasteiger partial charge in [-0.1, -0.05) is 24.4 Å². The second kappa shape index (κ2) is 3.92. The van der Waals surface area contributed by atoms with Crippen LogP contribution in [0.25, 0.3) is 0 Å². The third-order valence-electron chi connectivity index (χ3n) is 2.95. The second-order valence-electron chi connectivity index (χ2n) is 3.95. The van der Waals surface area contributed by atoms with Gasteiger partial charge in [-0.2, -0.15) is 0 Å². The van der Waals surface area contributed by atoms with Crippen LogP contribution in [0, 0.1) is 0 Å². The van der Waals surface area contributed by atoms with Gasteiger partial charge in [0.1, 0.15) is 11.3 Å². The zero-order valence-electron chi connectivity index (χ0n) is 8.40. The molecule has 5 nitrogen and oxygen atoms in total. The quantitative estimate of drug-likeness (QED) is 0.779. The lowest BCUT2D eigenvalue weighted by Gasteiger charge is -2.19. The molecule has 15 heavy (non-hydrogen) atoms. The Morgan fingerprint density at radius 2 is 2.07 bits per heavy atom. The van der Waals surface area contributed by atoms with E-state index in [9.17, 15) is 4.79 Å². The first-order valence-corrected chi connectivity index (χ1v) is 5.18. The number of aromatic carboxylic acids is 1. The summed E-state index contributed by atoms with van der Waals surface area (Å²) >= 11 is 0. The Labute approximate surface area is 87.2 Å². The number of nitrogens with zero attached hydrogens (tertiary/aromatic N) is 1. The second-order valence-corrected chi connectivity index (χ2v) is 3.95. The van der Waals surface area contributed by atoms with Crippen LogP contribution in [0.2, 0.25) is 0 Å². The fourth-order valence-electron chi connectivity index (χ4n) is 2.19. The van der Waals surface area contributed by atoms with Gasteiger partial charge in [-0.05, 0) is 12.8 Å². The molecule has 0 spiro atoms. The maximum Gasteiger partial charge on any atom is 0.343 e. The summed E-state index contributed by atoms with van der Waals surface area (Å²) in [6.07, 6.45) is 5.41. The van der Waals surface area contributed by atoms with Gasteiger partial charge in [-0.25, -0.2) is 4.79 Å². The summed E-state index contributed by atoms with van der Waals surface area (Å²) in [5.74, 6) is -0.928. The molecule has 0 aromatic carbocycles. The van der Waals surface area contributed by atoms with Crippen molar-refractivity contribution in [2.75, 3.05) is 5.73 Å². The molecule has 1 aliphatic carbocycles. The number of carbonyl (C=O) groups is 1. The van der Waals surface area contributed by atoms with E-state index in [2.05, 4.69) is 5.16 Å². The van der Waals surface area contributed by atoms with Gasteiger partial charge in [0, 0.05) is 5.92 Å². The van der Waals surface area contributed by atoms with Gasteiger partial charge in [-0.15, -0.1) is 0 Å². The van der Waals surface area contributed by atoms with E-state index < -0.39 is 5.97 Å². The van der Waals surface area contributed by atoms with E-state index in [1.807, 2.05) is 0 Å². The van der Waals surface area contributed by atoms with E-state index in [1.165, 1.54) is 6.42 Å². The van der Waals surface area contributed by atoms with Gasteiger partial charge >= 0.3 is 5.97 Å². The number of carboxylic acid groups (broad SMARTS) is 1. The Morgan fingerprint density at radius 3 is 2.67 bits per heavy atom. The lowest BCUT2D eigenvalue weighted by molar-refractivity contribution is 0.0695. The first-order valence-electron chi connectivity index (χ1n) is 5.18. The molecule has 1 saturated carbocycles. The topological polar surface area (TPSA) is 89.4 Å². The minimum atomic E-state index is -1.05. The van der Waals surface area contributed by atoms with Crippen LogP contribution in [0.15, 0.2) is 4.52 Å². The Hall–Kier alpha value is -1.52. The highest BCUT2D eigenvalue weighted by atomic mass is 16.5. The lowest BCUT2D eigenvalue weighted by Crippen LogP contribution is -2.10. The Bertz CT molecular complexity index is 367. The van der Waals surface area contributed by atoms with Gasteiger partial charge < -0.3 is 15.4 Å². The summed E-state index contributed by atoms with van der Waals surface area (Å²) in [6.45, 7) is 0. The van der Waals surface area contributed by atoms with Gasteiger partial charge in [0.25, 0.3) is 0 Å². The maximum absolute atomic E-state index is 11.0. The van der Waals surface area contributed by atoms with Crippen LogP contribution < -0.4 is 5.73 Å². The zero-order valence-corrected chi connectivity index (χ0v) is 8.40. The lowest BCUT2D eigenvalue weighted by atomic mass is 9.85. The highest BCUT2D eigenvalue weighted by molar-refractivity contribution is 5.93. The zero-order chi connectivity index (χ0) is 10.8. The molecule has 82 valence electrons. The molecule has 0 unspecified atom stereocenters. The molecule has 1 fully saturated rings. The molecule has 0 radical (unpaired) electrons. The van der Waals surface area contributed by atoms with E-state index in [4.69, 9.17) is 15.4 Å².